The Labute approximate surface area is 111 Å². The number of carbonyl (C=O) groups excluding carboxylic acids is 1. The average Bonchev–Trinajstić information content (AvgIpc) is 2.10. The van der Waals surface area contributed by atoms with E-state index in [-0.39, 0.29) is 29.8 Å². The number of nitrogens with two attached hydrogens (primary N) is 1. The largest absolute Gasteiger partial charge is 0.356 e. The summed E-state index contributed by atoms with van der Waals surface area (Å²) in [5.74, 6) is 0.854. The molecule has 0 aromatic carbocycles. The van der Waals surface area contributed by atoms with Gasteiger partial charge in [-0.2, -0.15) is 0 Å². The summed E-state index contributed by atoms with van der Waals surface area (Å²) in [6, 6.07) is 0.169. The monoisotopic (exact) mass is 262 g/mol. The van der Waals surface area contributed by atoms with Gasteiger partial charge in [-0.15, -0.1) is 12.4 Å². The van der Waals surface area contributed by atoms with Crippen molar-refractivity contribution in [2.45, 2.75) is 58.9 Å². The lowest BCUT2D eigenvalue weighted by Crippen LogP contribution is -2.47. The normalized spacial score (nSPS) is 19.1. The molecule has 0 aromatic heterocycles. The molecule has 1 rings (SSSR count). The highest BCUT2D eigenvalue weighted by atomic mass is 35.5. The molecule has 0 heterocycles. The van der Waals surface area contributed by atoms with Gasteiger partial charge in [-0.3, -0.25) is 4.79 Å². The van der Waals surface area contributed by atoms with E-state index in [9.17, 15) is 4.79 Å². The number of rotatable bonds is 6. The quantitative estimate of drug-likeness (QED) is 0.773. The van der Waals surface area contributed by atoms with E-state index in [1.54, 1.807) is 0 Å². The lowest BCUT2D eigenvalue weighted by atomic mass is 9.64. The molecule has 1 amide bonds. The van der Waals surface area contributed by atoms with Crippen molar-refractivity contribution in [3.8, 4) is 0 Å². The minimum atomic E-state index is -0.0496. The second-order valence-corrected chi connectivity index (χ2v) is 5.75. The molecule has 1 aliphatic carbocycles. The first kappa shape index (κ1) is 16.7. The first-order valence-corrected chi connectivity index (χ1v) is 6.50. The minimum absolute atomic E-state index is 0. The lowest BCUT2D eigenvalue weighted by molar-refractivity contribution is -0.137. The summed E-state index contributed by atoms with van der Waals surface area (Å²) in [6.45, 7) is 7.07. The highest BCUT2D eigenvalue weighted by molar-refractivity contribution is 5.85. The first-order chi connectivity index (χ1) is 7.46. The van der Waals surface area contributed by atoms with Crippen LogP contribution in [0, 0.1) is 11.3 Å². The van der Waals surface area contributed by atoms with Gasteiger partial charge in [0.1, 0.15) is 0 Å². The Morgan fingerprint density at radius 2 is 1.94 bits per heavy atom. The molecule has 0 spiro atoms. The summed E-state index contributed by atoms with van der Waals surface area (Å²) < 4.78 is 0. The molecule has 1 unspecified atom stereocenters. The molecule has 0 radical (unpaired) electrons. The van der Waals surface area contributed by atoms with Gasteiger partial charge in [0.25, 0.3) is 0 Å². The van der Waals surface area contributed by atoms with Crippen LogP contribution >= 0.6 is 12.4 Å². The number of nitrogens with one attached hydrogen (secondary N) is 1. The molecule has 1 fully saturated rings. The standard InChI is InChI=1S/C13H26N2O.ClH/c1-10(2)9-13(6-4-7-13)12(16)15-8-5-11(3)14;/h10-11H,4-9,14H2,1-3H3,(H,15,16);1H. The van der Waals surface area contributed by atoms with Gasteiger partial charge in [0.2, 0.25) is 5.91 Å². The Balaban J connectivity index is 0.00000256. The van der Waals surface area contributed by atoms with Crippen molar-refractivity contribution in [2.24, 2.45) is 17.1 Å². The van der Waals surface area contributed by atoms with E-state index in [1.807, 2.05) is 6.92 Å². The van der Waals surface area contributed by atoms with E-state index < -0.39 is 0 Å². The van der Waals surface area contributed by atoms with E-state index in [1.165, 1.54) is 6.42 Å². The van der Waals surface area contributed by atoms with Gasteiger partial charge in [-0.1, -0.05) is 20.3 Å². The SMILES string of the molecule is CC(C)CC1(C(=O)NCCC(C)N)CCC1.Cl. The predicted octanol–water partition coefficient (Wildman–Crippen LogP) is 2.48. The summed E-state index contributed by atoms with van der Waals surface area (Å²) in [6.07, 6.45) is 5.22. The second-order valence-electron chi connectivity index (χ2n) is 5.75. The van der Waals surface area contributed by atoms with Crippen LogP contribution in [0.2, 0.25) is 0 Å². The van der Waals surface area contributed by atoms with Crippen LogP contribution < -0.4 is 11.1 Å². The Morgan fingerprint density at radius 1 is 1.35 bits per heavy atom. The van der Waals surface area contributed by atoms with E-state index in [0.717, 1.165) is 32.2 Å². The van der Waals surface area contributed by atoms with E-state index >= 15 is 0 Å². The highest BCUT2D eigenvalue weighted by Gasteiger charge is 2.43. The summed E-state index contributed by atoms with van der Waals surface area (Å²) >= 11 is 0. The summed E-state index contributed by atoms with van der Waals surface area (Å²) in [4.78, 5) is 12.1. The molecule has 102 valence electrons. The molecule has 3 nitrogen and oxygen atoms in total. The molecular formula is C13H27ClN2O. The third kappa shape index (κ3) is 4.84. The van der Waals surface area contributed by atoms with Gasteiger partial charge in [0.05, 0.1) is 0 Å². The van der Waals surface area contributed by atoms with Crippen LogP contribution in [0.1, 0.15) is 52.9 Å². The Morgan fingerprint density at radius 3 is 2.29 bits per heavy atom. The number of carbonyl (C=O) groups is 1. The predicted molar refractivity (Wildman–Crippen MR) is 74.3 cm³/mol. The molecule has 1 atom stereocenters. The van der Waals surface area contributed by atoms with E-state index in [2.05, 4.69) is 19.2 Å². The highest BCUT2D eigenvalue weighted by Crippen LogP contribution is 2.46. The summed E-state index contributed by atoms with van der Waals surface area (Å²) in [7, 11) is 0. The topological polar surface area (TPSA) is 55.1 Å². The summed E-state index contributed by atoms with van der Waals surface area (Å²) in [5, 5.41) is 3.04. The van der Waals surface area contributed by atoms with Gasteiger partial charge >= 0.3 is 0 Å². The van der Waals surface area contributed by atoms with Gasteiger partial charge in [0.15, 0.2) is 0 Å². The van der Waals surface area contributed by atoms with Crippen LogP contribution in [-0.4, -0.2) is 18.5 Å². The van der Waals surface area contributed by atoms with Crippen LogP contribution in [0.3, 0.4) is 0 Å². The maximum atomic E-state index is 12.1. The lowest BCUT2D eigenvalue weighted by Gasteiger charge is -2.41. The molecule has 0 aliphatic heterocycles. The molecule has 0 saturated heterocycles. The van der Waals surface area contributed by atoms with Gasteiger partial charge in [-0.25, -0.2) is 0 Å². The molecule has 3 N–H and O–H groups in total. The molecule has 0 bridgehead atoms. The molecule has 1 saturated carbocycles. The van der Waals surface area contributed by atoms with Crippen molar-refractivity contribution in [2.75, 3.05) is 6.54 Å². The number of halogens is 1. The molecule has 0 aromatic rings. The minimum Gasteiger partial charge on any atom is -0.356 e. The van der Waals surface area contributed by atoms with Gasteiger partial charge < -0.3 is 11.1 Å². The van der Waals surface area contributed by atoms with Crippen molar-refractivity contribution in [1.82, 2.24) is 5.32 Å². The fraction of sp³-hybridized carbons (Fsp3) is 0.923. The van der Waals surface area contributed by atoms with Crippen LogP contribution in [0.15, 0.2) is 0 Å². The van der Waals surface area contributed by atoms with Crippen LogP contribution in [0.5, 0.6) is 0 Å². The third-order valence-electron chi connectivity index (χ3n) is 3.48. The molecule has 1 aliphatic rings. The van der Waals surface area contributed by atoms with E-state index in [4.69, 9.17) is 5.73 Å². The van der Waals surface area contributed by atoms with Crippen LogP contribution in [0.4, 0.5) is 0 Å². The first-order valence-electron chi connectivity index (χ1n) is 6.50. The molecule has 4 heteroatoms. The maximum absolute atomic E-state index is 12.1. The second kappa shape index (κ2) is 7.22. The zero-order valence-corrected chi connectivity index (χ0v) is 12.1. The fourth-order valence-electron chi connectivity index (χ4n) is 2.51. The maximum Gasteiger partial charge on any atom is 0.226 e. The molecular weight excluding hydrogens is 236 g/mol. The zero-order valence-electron chi connectivity index (χ0n) is 11.3. The van der Waals surface area contributed by atoms with Gasteiger partial charge in [-0.05, 0) is 38.5 Å². The number of hydrogen-bond acceptors (Lipinski definition) is 2. The number of amides is 1. The average molecular weight is 263 g/mol. The van der Waals surface area contributed by atoms with Crippen molar-refractivity contribution in [3.05, 3.63) is 0 Å². The van der Waals surface area contributed by atoms with Crippen LogP contribution in [-0.2, 0) is 4.79 Å². The Hall–Kier alpha value is -0.280. The van der Waals surface area contributed by atoms with E-state index in [0.29, 0.717) is 5.92 Å². The Bertz CT molecular complexity index is 238. The number of hydrogen-bond donors (Lipinski definition) is 2. The van der Waals surface area contributed by atoms with Gasteiger partial charge in [0, 0.05) is 18.0 Å². The zero-order chi connectivity index (χ0) is 12.2. The third-order valence-corrected chi connectivity index (χ3v) is 3.48. The fourth-order valence-corrected chi connectivity index (χ4v) is 2.51. The van der Waals surface area contributed by atoms with Crippen molar-refractivity contribution in [1.29, 1.82) is 0 Å². The van der Waals surface area contributed by atoms with Crippen molar-refractivity contribution in [3.63, 3.8) is 0 Å². The van der Waals surface area contributed by atoms with Crippen LogP contribution in [0.25, 0.3) is 0 Å². The Kier molecular flexibility index (Phi) is 7.10. The molecule has 17 heavy (non-hydrogen) atoms. The summed E-state index contributed by atoms with van der Waals surface area (Å²) in [5.41, 5.74) is 5.61. The van der Waals surface area contributed by atoms with Crippen molar-refractivity contribution < 1.29 is 4.79 Å². The smallest absolute Gasteiger partial charge is 0.226 e. The van der Waals surface area contributed by atoms with Crippen molar-refractivity contribution >= 4 is 18.3 Å².